The van der Waals surface area contributed by atoms with E-state index in [0.717, 1.165) is 68.9 Å². The maximum atomic E-state index is 14.3. The molecule has 1 spiro atoms. The Morgan fingerprint density at radius 1 is 1.11 bits per heavy atom. The Morgan fingerprint density at radius 3 is 2.72 bits per heavy atom. The zero-order valence-electron chi connectivity index (χ0n) is 21.8. The summed E-state index contributed by atoms with van der Waals surface area (Å²) in [6, 6.07) is 15.6. The van der Waals surface area contributed by atoms with Gasteiger partial charge in [-0.3, -0.25) is 9.69 Å². The fraction of sp³-hybridized carbons (Fsp3) is 0.594. The Morgan fingerprint density at radius 2 is 1.94 bits per heavy atom. The molecule has 190 valence electrons. The quantitative estimate of drug-likeness (QED) is 0.447. The van der Waals surface area contributed by atoms with Gasteiger partial charge in [0.2, 0.25) is 0 Å². The van der Waals surface area contributed by atoms with Crippen molar-refractivity contribution in [2.75, 3.05) is 20.2 Å². The number of carbonyl (C=O) groups is 1. The molecule has 2 aromatic carbocycles. The van der Waals surface area contributed by atoms with Gasteiger partial charge in [-0.2, -0.15) is 0 Å². The molecule has 2 aliphatic heterocycles. The molecule has 1 saturated heterocycles. The van der Waals surface area contributed by atoms with E-state index in [1.54, 1.807) is 7.11 Å². The van der Waals surface area contributed by atoms with Crippen LogP contribution in [-0.4, -0.2) is 43.0 Å². The number of Topliss-reactive ketones (excluding diaryl/α,β-unsaturated/α-hetero) is 1. The van der Waals surface area contributed by atoms with Gasteiger partial charge in [0.05, 0.1) is 7.11 Å². The number of hydrogen-bond donors (Lipinski definition) is 0. The summed E-state index contributed by atoms with van der Waals surface area (Å²) >= 11 is 0. The SMILES string of the molecule is COc1ccc2c3c1OC1C(=O)[C@](C)(CCCCc4ccccc4)CC4C(C2)N(CC2CC2)CCC314. The van der Waals surface area contributed by atoms with Gasteiger partial charge in [-0.1, -0.05) is 49.7 Å². The molecule has 7 rings (SSSR count). The van der Waals surface area contributed by atoms with E-state index in [1.807, 2.05) is 0 Å². The summed E-state index contributed by atoms with van der Waals surface area (Å²) in [5.74, 6) is 3.39. The summed E-state index contributed by atoms with van der Waals surface area (Å²) in [6.45, 7) is 4.59. The highest BCUT2D eigenvalue weighted by Crippen LogP contribution is 2.66. The smallest absolute Gasteiger partial charge is 0.180 e. The number of methoxy groups -OCH3 is 1. The molecule has 2 aromatic rings. The first-order valence-corrected chi connectivity index (χ1v) is 14.2. The number of nitrogens with zero attached hydrogens (tertiary/aromatic N) is 1. The number of benzene rings is 2. The summed E-state index contributed by atoms with van der Waals surface area (Å²) < 4.78 is 12.5. The zero-order chi connectivity index (χ0) is 24.5. The van der Waals surface area contributed by atoms with E-state index < -0.39 is 0 Å². The number of likely N-dealkylation sites (tertiary alicyclic amines) is 1. The first-order valence-electron chi connectivity index (χ1n) is 14.2. The highest BCUT2D eigenvalue weighted by Gasteiger charge is 2.69. The molecule has 0 N–H and O–H groups in total. The Balaban J connectivity index is 1.20. The number of hydrogen-bond acceptors (Lipinski definition) is 4. The van der Waals surface area contributed by atoms with Gasteiger partial charge >= 0.3 is 0 Å². The van der Waals surface area contributed by atoms with Gasteiger partial charge in [0.1, 0.15) is 0 Å². The Labute approximate surface area is 215 Å². The second-order valence-corrected chi connectivity index (χ2v) is 12.6. The van der Waals surface area contributed by atoms with E-state index in [0.29, 0.717) is 17.7 Å². The van der Waals surface area contributed by atoms with E-state index in [-0.39, 0.29) is 16.9 Å². The molecule has 2 saturated carbocycles. The van der Waals surface area contributed by atoms with Gasteiger partial charge in [0.25, 0.3) is 0 Å². The molecule has 3 fully saturated rings. The Hall–Kier alpha value is -2.33. The monoisotopic (exact) mass is 485 g/mol. The van der Waals surface area contributed by atoms with Gasteiger partial charge in [-0.15, -0.1) is 0 Å². The lowest BCUT2D eigenvalue weighted by molar-refractivity contribution is -0.155. The third-order valence-corrected chi connectivity index (χ3v) is 10.4. The summed E-state index contributed by atoms with van der Waals surface area (Å²) in [5.41, 5.74) is 3.64. The lowest BCUT2D eigenvalue weighted by Gasteiger charge is -2.60. The Bertz CT molecular complexity index is 1170. The highest BCUT2D eigenvalue weighted by atomic mass is 16.5. The van der Waals surface area contributed by atoms with Crippen LogP contribution in [0.25, 0.3) is 0 Å². The van der Waals surface area contributed by atoms with Gasteiger partial charge in [0.15, 0.2) is 23.4 Å². The van der Waals surface area contributed by atoms with Crippen molar-refractivity contribution in [2.45, 2.75) is 82.3 Å². The van der Waals surface area contributed by atoms with Crippen LogP contribution in [0.3, 0.4) is 0 Å². The summed E-state index contributed by atoms with van der Waals surface area (Å²) in [7, 11) is 1.72. The van der Waals surface area contributed by atoms with Gasteiger partial charge in [0, 0.05) is 29.0 Å². The number of ether oxygens (including phenoxy) is 2. The van der Waals surface area contributed by atoms with Crippen molar-refractivity contribution in [3.05, 3.63) is 59.2 Å². The van der Waals surface area contributed by atoms with Crippen LogP contribution in [0.5, 0.6) is 11.5 Å². The lowest BCUT2D eigenvalue weighted by atomic mass is 9.47. The lowest BCUT2D eigenvalue weighted by Crippen LogP contribution is -2.69. The van der Waals surface area contributed by atoms with E-state index in [1.165, 1.54) is 36.1 Å². The number of unbranched alkanes of at least 4 members (excludes halogenated alkanes) is 1. The number of aryl methyl sites for hydroxylation is 1. The predicted octanol–water partition coefficient (Wildman–Crippen LogP) is 5.74. The van der Waals surface area contributed by atoms with E-state index in [9.17, 15) is 4.79 Å². The van der Waals surface area contributed by atoms with Crippen molar-refractivity contribution in [3.8, 4) is 11.5 Å². The maximum absolute atomic E-state index is 14.3. The number of piperidine rings is 1. The van der Waals surface area contributed by atoms with Crippen LogP contribution < -0.4 is 9.47 Å². The van der Waals surface area contributed by atoms with Crippen LogP contribution in [0.15, 0.2) is 42.5 Å². The second kappa shape index (κ2) is 8.34. The average Bonchev–Trinajstić information content (AvgIpc) is 3.64. The van der Waals surface area contributed by atoms with Crippen LogP contribution in [0, 0.1) is 17.3 Å². The van der Waals surface area contributed by atoms with Crippen LogP contribution >= 0.6 is 0 Å². The fourth-order valence-corrected chi connectivity index (χ4v) is 8.41. The first-order chi connectivity index (χ1) is 17.5. The molecule has 4 nitrogen and oxygen atoms in total. The molecule has 0 aromatic heterocycles. The van der Waals surface area contributed by atoms with Crippen LogP contribution in [0.1, 0.15) is 68.6 Å². The predicted molar refractivity (Wildman–Crippen MR) is 141 cm³/mol. The summed E-state index contributed by atoms with van der Waals surface area (Å²) in [4.78, 5) is 17.1. The summed E-state index contributed by atoms with van der Waals surface area (Å²) in [5, 5.41) is 0. The van der Waals surface area contributed by atoms with E-state index in [2.05, 4.69) is 54.3 Å². The standard InChI is InChI=1S/C32H39NO3/c1-31(15-7-6-10-21-8-4-3-5-9-21)19-24-25-18-23-13-14-26(35-2)28-27(23)32(24,30(36-28)29(31)34)16-17-33(25)20-22-11-12-22/h3-5,8-9,13-14,22,24-25,30H,6-7,10-12,15-20H2,1-2H3/t24?,25?,30?,31-,32?/m1/s1. The highest BCUT2D eigenvalue weighted by molar-refractivity contribution is 5.93. The maximum Gasteiger partial charge on any atom is 0.180 e. The van der Waals surface area contributed by atoms with Crippen molar-refractivity contribution in [3.63, 3.8) is 0 Å². The van der Waals surface area contributed by atoms with Gasteiger partial charge in [-0.25, -0.2) is 0 Å². The van der Waals surface area contributed by atoms with Crippen LogP contribution in [-0.2, 0) is 23.1 Å². The van der Waals surface area contributed by atoms with Crippen molar-refractivity contribution in [1.29, 1.82) is 0 Å². The van der Waals surface area contributed by atoms with Crippen LogP contribution in [0.2, 0.25) is 0 Å². The third kappa shape index (κ3) is 3.32. The van der Waals surface area contributed by atoms with Gasteiger partial charge < -0.3 is 9.47 Å². The third-order valence-electron chi connectivity index (χ3n) is 10.4. The number of carbonyl (C=O) groups excluding carboxylic acids is 1. The Kier molecular flexibility index (Phi) is 5.29. The minimum absolute atomic E-state index is 0.164. The topological polar surface area (TPSA) is 38.8 Å². The summed E-state index contributed by atoms with van der Waals surface area (Å²) in [6.07, 6.45) is 9.80. The number of rotatable bonds is 8. The molecule has 36 heavy (non-hydrogen) atoms. The molecule has 2 bridgehead atoms. The van der Waals surface area contributed by atoms with Crippen LogP contribution in [0.4, 0.5) is 0 Å². The molecule has 0 amide bonds. The second-order valence-electron chi connectivity index (χ2n) is 12.6. The molecule has 5 atom stereocenters. The minimum atomic E-state index is -0.355. The normalized spacial score (nSPS) is 34.3. The fourth-order valence-electron chi connectivity index (χ4n) is 8.41. The molecule has 2 heterocycles. The van der Waals surface area contributed by atoms with Crippen molar-refractivity contribution in [1.82, 2.24) is 4.90 Å². The van der Waals surface area contributed by atoms with Crippen molar-refractivity contribution < 1.29 is 14.3 Å². The molecular formula is C32H39NO3. The molecule has 4 unspecified atom stereocenters. The zero-order valence-corrected chi connectivity index (χ0v) is 21.8. The van der Waals surface area contributed by atoms with Crippen molar-refractivity contribution >= 4 is 5.78 Å². The molecule has 0 radical (unpaired) electrons. The van der Waals surface area contributed by atoms with E-state index in [4.69, 9.17) is 9.47 Å². The molecular weight excluding hydrogens is 446 g/mol. The minimum Gasteiger partial charge on any atom is -0.493 e. The van der Waals surface area contributed by atoms with Crippen molar-refractivity contribution in [2.24, 2.45) is 17.3 Å². The molecule has 5 aliphatic rings. The largest absolute Gasteiger partial charge is 0.493 e. The molecule has 3 aliphatic carbocycles. The first kappa shape index (κ1) is 22.8. The average molecular weight is 486 g/mol. The van der Waals surface area contributed by atoms with E-state index >= 15 is 0 Å². The van der Waals surface area contributed by atoms with Gasteiger partial charge in [-0.05, 0) is 86.9 Å². The molecule has 4 heteroatoms. The number of ketones is 1.